The number of hydrogen-bond acceptors (Lipinski definition) is 6. The monoisotopic (exact) mass is 731 g/mol. The van der Waals surface area contributed by atoms with Crippen LogP contribution >= 0.6 is 7.82 Å². The lowest BCUT2D eigenvalue weighted by Crippen LogP contribution is -2.29. The number of rotatable bonds is 39. The van der Waals surface area contributed by atoms with Crippen LogP contribution in [-0.4, -0.2) is 41.0 Å². The number of carbonyl (C=O) groups excluding carboxylic acids is 2. The number of unbranched alkanes of at least 4 members (excludes halogenated alkanes) is 27. The molecule has 0 aromatic carbocycles. The fourth-order valence-corrected chi connectivity index (χ4v) is 6.48. The molecule has 1 unspecified atom stereocenters. The first-order valence-electron chi connectivity index (χ1n) is 21.0. The van der Waals surface area contributed by atoms with Gasteiger partial charge in [-0.25, -0.2) is 4.57 Å². The highest BCUT2D eigenvalue weighted by molar-refractivity contribution is 7.46. The minimum atomic E-state index is -4.75. The van der Waals surface area contributed by atoms with Crippen LogP contribution < -0.4 is 0 Å². The highest BCUT2D eigenvalue weighted by atomic mass is 31.2. The number of carbonyl (C=O) groups is 2. The number of phosphoric ester groups is 1. The Morgan fingerprint density at radius 2 is 0.860 bits per heavy atom. The SMILES string of the molecule is CCCC/C=C\CCCCCCCC(=O)OC(COC(=O)CCCCCCCCCCCCCCCCCCCCCCC)COP(=O)(O)O. The third kappa shape index (κ3) is 39.6. The number of esters is 2. The van der Waals surface area contributed by atoms with Crippen molar-refractivity contribution < 1.29 is 37.9 Å². The van der Waals surface area contributed by atoms with E-state index in [0.717, 1.165) is 57.8 Å². The fourth-order valence-electron chi connectivity index (χ4n) is 6.12. The van der Waals surface area contributed by atoms with Crippen LogP contribution in [0.2, 0.25) is 0 Å². The van der Waals surface area contributed by atoms with E-state index >= 15 is 0 Å². The normalized spacial score (nSPS) is 12.5. The fraction of sp³-hybridized carbons (Fsp3) is 0.902. The first-order valence-corrected chi connectivity index (χ1v) is 22.5. The van der Waals surface area contributed by atoms with Gasteiger partial charge in [-0.15, -0.1) is 0 Å². The molecule has 296 valence electrons. The number of ether oxygens (including phenoxy) is 2. The Kier molecular flexibility index (Phi) is 36.6. The van der Waals surface area contributed by atoms with E-state index in [1.807, 2.05) is 0 Å². The van der Waals surface area contributed by atoms with Gasteiger partial charge in [0.15, 0.2) is 6.10 Å². The lowest BCUT2D eigenvalue weighted by Gasteiger charge is -2.18. The van der Waals surface area contributed by atoms with E-state index in [-0.39, 0.29) is 19.4 Å². The maximum atomic E-state index is 12.3. The number of phosphoric acid groups is 1. The van der Waals surface area contributed by atoms with E-state index in [1.165, 1.54) is 128 Å². The molecule has 0 heterocycles. The molecule has 0 saturated heterocycles. The molecule has 0 aliphatic rings. The Morgan fingerprint density at radius 3 is 1.28 bits per heavy atom. The Hall–Kier alpha value is -1.21. The summed E-state index contributed by atoms with van der Waals surface area (Å²) < 4.78 is 26.3. The lowest BCUT2D eigenvalue weighted by molar-refractivity contribution is -0.161. The summed E-state index contributed by atoms with van der Waals surface area (Å²) in [5.41, 5.74) is 0. The van der Waals surface area contributed by atoms with Gasteiger partial charge in [0.25, 0.3) is 0 Å². The zero-order valence-electron chi connectivity index (χ0n) is 32.6. The van der Waals surface area contributed by atoms with Crippen LogP contribution in [0.15, 0.2) is 12.2 Å². The van der Waals surface area contributed by atoms with Crippen LogP contribution in [0.1, 0.15) is 219 Å². The summed E-state index contributed by atoms with van der Waals surface area (Å²) in [7, 11) is -4.75. The molecular weight excluding hydrogens is 651 g/mol. The maximum Gasteiger partial charge on any atom is 0.469 e. The summed E-state index contributed by atoms with van der Waals surface area (Å²) in [5, 5.41) is 0. The highest BCUT2D eigenvalue weighted by Gasteiger charge is 2.22. The van der Waals surface area contributed by atoms with Crippen molar-refractivity contribution in [3.63, 3.8) is 0 Å². The summed E-state index contributed by atoms with van der Waals surface area (Å²) in [6.07, 6.45) is 40.9. The Balaban J connectivity index is 3.80. The smallest absolute Gasteiger partial charge is 0.462 e. The zero-order valence-corrected chi connectivity index (χ0v) is 33.5. The van der Waals surface area contributed by atoms with Gasteiger partial charge in [-0.05, 0) is 32.1 Å². The lowest BCUT2D eigenvalue weighted by atomic mass is 10.0. The molecule has 0 rings (SSSR count). The predicted molar refractivity (Wildman–Crippen MR) is 207 cm³/mol. The zero-order chi connectivity index (χ0) is 36.8. The van der Waals surface area contributed by atoms with Crippen LogP contribution in [0.3, 0.4) is 0 Å². The molecule has 0 saturated carbocycles. The molecule has 9 heteroatoms. The first-order chi connectivity index (χ1) is 24.3. The molecule has 0 aliphatic carbocycles. The predicted octanol–water partition coefficient (Wildman–Crippen LogP) is 12.6. The van der Waals surface area contributed by atoms with E-state index in [1.54, 1.807) is 0 Å². The minimum absolute atomic E-state index is 0.205. The van der Waals surface area contributed by atoms with Crippen LogP contribution in [0.4, 0.5) is 0 Å². The quantitative estimate of drug-likeness (QED) is 0.0278. The second-order valence-corrected chi connectivity index (χ2v) is 15.6. The first kappa shape index (κ1) is 48.8. The molecule has 2 N–H and O–H groups in total. The molecule has 0 spiro atoms. The van der Waals surface area contributed by atoms with Crippen LogP contribution in [0.5, 0.6) is 0 Å². The van der Waals surface area contributed by atoms with E-state index in [0.29, 0.717) is 6.42 Å². The van der Waals surface area contributed by atoms with Crippen LogP contribution in [-0.2, 0) is 28.2 Å². The Morgan fingerprint density at radius 1 is 0.500 bits per heavy atom. The highest BCUT2D eigenvalue weighted by Crippen LogP contribution is 2.36. The molecular formula is C41H79O8P. The van der Waals surface area contributed by atoms with E-state index in [9.17, 15) is 14.2 Å². The molecule has 0 fully saturated rings. The molecule has 0 aromatic rings. The Bertz CT molecular complexity index is 827. The van der Waals surface area contributed by atoms with Gasteiger partial charge in [0.1, 0.15) is 6.61 Å². The van der Waals surface area contributed by atoms with E-state index in [4.69, 9.17) is 19.3 Å². The molecule has 0 amide bonds. The molecule has 1 atom stereocenters. The van der Waals surface area contributed by atoms with Gasteiger partial charge in [-0.3, -0.25) is 14.1 Å². The maximum absolute atomic E-state index is 12.3. The molecule has 8 nitrogen and oxygen atoms in total. The minimum Gasteiger partial charge on any atom is -0.462 e. The van der Waals surface area contributed by atoms with E-state index < -0.39 is 32.5 Å². The van der Waals surface area contributed by atoms with Crippen molar-refractivity contribution in [1.29, 1.82) is 0 Å². The van der Waals surface area contributed by atoms with Crippen molar-refractivity contribution >= 4 is 19.8 Å². The summed E-state index contributed by atoms with van der Waals surface area (Å²) in [6.45, 7) is 3.66. The van der Waals surface area contributed by atoms with Crippen LogP contribution in [0, 0.1) is 0 Å². The third-order valence-electron chi connectivity index (χ3n) is 9.28. The Labute approximate surface area is 307 Å². The van der Waals surface area contributed by atoms with Crippen molar-refractivity contribution in [2.24, 2.45) is 0 Å². The second kappa shape index (κ2) is 37.5. The molecule has 0 radical (unpaired) electrons. The number of hydrogen-bond donors (Lipinski definition) is 2. The molecule has 0 bridgehead atoms. The largest absolute Gasteiger partial charge is 0.469 e. The van der Waals surface area contributed by atoms with Crippen molar-refractivity contribution in [2.45, 2.75) is 225 Å². The topological polar surface area (TPSA) is 119 Å². The van der Waals surface area contributed by atoms with E-state index in [2.05, 4.69) is 30.5 Å². The molecule has 0 aliphatic heterocycles. The average molecular weight is 731 g/mol. The van der Waals surface area contributed by atoms with Crippen LogP contribution in [0.25, 0.3) is 0 Å². The van der Waals surface area contributed by atoms with Gasteiger partial charge < -0.3 is 19.3 Å². The van der Waals surface area contributed by atoms with Gasteiger partial charge in [0.05, 0.1) is 6.61 Å². The van der Waals surface area contributed by atoms with Crippen molar-refractivity contribution in [3.8, 4) is 0 Å². The van der Waals surface area contributed by atoms with Gasteiger partial charge >= 0.3 is 19.8 Å². The van der Waals surface area contributed by atoms with Gasteiger partial charge in [-0.1, -0.05) is 187 Å². The second-order valence-electron chi connectivity index (χ2n) is 14.3. The summed E-state index contributed by atoms with van der Waals surface area (Å²) >= 11 is 0. The van der Waals surface area contributed by atoms with Gasteiger partial charge in [0, 0.05) is 12.8 Å². The summed E-state index contributed by atoms with van der Waals surface area (Å²) in [4.78, 5) is 42.7. The summed E-state index contributed by atoms with van der Waals surface area (Å²) in [5.74, 6) is -0.885. The average Bonchev–Trinajstić information content (AvgIpc) is 3.08. The third-order valence-corrected chi connectivity index (χ3v) is 9.77. The summed E-state index contributed by atoms with van der Waals surface area (Å²) in [6, 6.07) is 0. The van der Waals surface area contributed by atoms with Crippen molar-refractivity contribution in [1.82, 2.24) is 0 Å². The standard InChI is InChI=1S/C41H79O8P/c1-3-5-7-9-11-13-15-16-17-18-19-20-21-22-23-24-26-27-29-31-33-35-40(42)47-37-39(38-48-50(44,45)46)49-41(43)36-34-32-30-28-25-14-12-10-8-6-4-2/h10,12,39H,3-9,11,13-38H2,1-2H3,(H2,44,45,46)/b12-10-. The van der Waals surface area contributed by atoms with Gasteiger partial charge in [-0.2, -0.15) is 0 Å². The van der Waals surface area contributed by atoms with Crippen molar-refractivity contribution in [2.75, 3.05) is 13.2 Å². The van der Waals surface area contributed by atoms with Crippen molar-refractivity contribution in [3.05, 3.63) is 12.2 Å². The molecule has 0 aromatic heterocycles. The molecule has 50 heavy (non-hydrogen) atoms. The van der Waals surface area contributed by atoms with Gasteiger partial charge in [0.2, 0.25) is 0 Å². The number of allylic oxidation sites excluding steroid dienone is 2.